The second-order valence-electron chi connectivity index (χ2n) is 12.6. The standard InChI is InChI=1S/C40H72O5/c1-3-5-7-9-11-13-15-17-19-21-23-25-27-29-31-33-35-40(43)45-38(36-41)37-44-39(42)34-32-30-28-26-24-22-20-18-16-14-12-10-8-6-4-2/h13,15,18-21,38,41H,3-12,14,16-17,22-37H2,1-2H3/b15-13-,20-18-,21-19-. The van der Waals surface area contributed by atoms with E-state index in [1.54, 1.807) is 0 Å². The fourth-order valence-electron chi connectivity index (χ4n) is 5.22. The molecule has 262 valence electrons. The Morgan fingerprint density at radius 1 is 0.511 bits per heavy atom. The van der Waals surface area contributed by atoms with Crippen LogP contribution in [-0.4, -0.2) is 36.4 Å². The van der Waals surface area contributed by atoms with Crippen LogP contribution < -0.4 is 0 Å². The van der Waals surface area contributed by atoms with Crippen molar-refractivity contribution >= 4 is 11.9 Å². The average Bonchev–Trinajstić information content (AvgIpc) is 3.04. The lowest BCUT2D eigenvalue weighted by atomic mass is 10.1. The van der Waals surface area contributed by atoms with Gasteiger partial charge in [0.2, 0.25) is 0 Å². The van der Waals surface area contributed by atoms with Gasteiger partial charge in [0.25, 0.3) is 0 Å². The monoisotopic (exact) mass is 633 g/mol. The molecule has 1 N–H and O–H groups in total. The van der Waals surface area contributed by atoms with Crippen LogP contribution in [0.2, 0.25) is 0 Å². The van der Waals surface area contributed by atoms with E-state index in [0.29, 0.717) is 12.8 Å². The van der Waals surface area contributed by atoms with Crippen molar-refractivity contribution in [1.82, 2.24) is 0 Å². The highest BCUT2D eigenvalue weighted by atomic mass is 16.6. The maximum absolute atomic E-state index is 12.1. The zero-order valence-electron chi connectivity index (χ0n) is 29.6. The highest BCUT2D eigenvalue weighted by molar-refractivity contribution is 5.70. The molecule has 5 nitrogen and oxygen atoms in total. The van der Waals surface area contributed by atoms with Gasteiger partial charge in [0.05, 0.1) is 6.61 Å². The van der Waals surface area contributed by atoms with Crippen LogP contribution in [-0.2, 0) is 19.1 Å². The van der Waals surface area contributed by atoms with Gasteiger partial charge < -0.3 is 14.6 Å². The SMILES string of the molecule is CCCCCC/C=C\C/C=C\CCCCCCCC(=O)OC(CO)COC(=O)CCCCCCC/C=C\CCCCCCCC. The van der Waals surface area contributed by atoms with Crippen molar-refractivity contribution in [3.8, 4) is 0 Å². The number of esters is 2. The zero-order chi connectivity index (χ0) is 32.9. The minimum absolute atomic E-state index is 0.0750. The van der Waals surface area contributed by atoms with E-state index in [1.807, 2.05) is 0 Å². The predicted molar refractivity (Wildman–Crippen MR) is 191 cm³/mol. The molecule has 45 heavy (non-hydrogen) atoms. The second-order valence-corrected chi connectivity index (χ2v) is 12.6. The Labute approximate surface area is 278 Å². The molecule has 0 aliphatic rings. The minimum Gasteiger partial charge on any atom is -0.462 e. The molecule has 0 aromatic carbocycles. The normalized spacial score (nSPS) is 12.5. The van der Waals surface area contributed by atoms with Gasteiger partial charge in [-0.25, -0.2) is 0 Å². The highest BCUT2D eigenvalue weighted by Crippen LogP contribution is 2.12. The first kappa shape index (κ1) is 43.1. The van der Waals surface area contributed by atoms with E-state index in [0.717, 1.165) is 57.8 Å². The molecule has 1 atom stereocenters. The number of carbonyl (C=O) groups excluding carboxylic acids is 2. The number of hydrogen-bond donors (Lipinski definition) is 1. The molecular formula is C40H72O5. The average molecular weight is 633 g/mol. The Morgan fingerprint density at radius 2 is 0.889 bits per heavy atom. The molecule has 0 radical (unpaired) electrons. The summed E-state index contributed by atoms with van der Waals surface area (Å²) in [5, 5.41) is 9.53. The van der Waals surface area contributed by atoms with E-state index < -0.39 is 6.10 Å². The summed E-state index contributed by atoms with van der Waals surface area (Å²) >= 11 is 0. The molecule has 1 unspecified atom stereocenters. The molecule has 0 aromatic heterocycles. The number of unbranched alkanes of at least 4 members (excludes halogenated alkanes) is 20. The van der Waals surface area contributed by atoms with Crippen LogP contribution >= 0.6 is 0 Å². The molecule has 0 heterocycles. The van der Waals surface area contributed by atoms with Gasteiger partial charge in [-0.05, 0) is 70.6 Å². The third-order valence-electron chi connectivity index (χ3n) is 8.16. The summed E-state index contributed by atoms with van der Waals surface area (Å²) in [4.78, 5) is 24.2. The maximum atomic E-state index is 12.1. The molecule has 0 aliphatic carbocycles. The number of allylic oxidation sites excluding steroid dienone is 6. The Bertz CT molecular complexity index is 726. The second kappa shape index (κ2) is 36.6. The number of rotatable bonds is 34. The lowest BCUT2D eigenvalue weighted by Gasteiger charge is -2.15. The first-order valence-corrected chi connectivity index (χ1v) is 19.0. The Morgan fingerprint density at radius 3 is 1.36 bits per heavy atom. The molecule has 5 heteroatoms. The summed E-state index contributed by atoms with van der Waals surface area (Å²) in [6.07, 6.45) is 43.4. The molecule has 0 saturated heterocycles. The number of hydrogen-bond acceptors (Lipinski definition) is 5. The van der Waals surface area contributed by atoms with Crippen LogP contribution in [0.5, 0.6) is 0 Å². The molecular weight excluding hydrogens is 560 g/mol. The van der Waals surface area contributed by atoms with E-state index in [4.69, 9.17) is 9.47 Å². The molecule has 0 fully saturated rings. The predicted octanol–water partition coefficient (Wildman–Crippen LogP) is 11.7. The molecule has 0 amide bonds. The third kappa shape index (κ3) is 34.8. The van der Waals surface area contributed by atoms with Crippen LogP contribution in [0.25, 0.3) is 0 Å². The lowest BCUT2D eigenvalue weighted by molar-refractivity contribution is -0.161. The van der Waals surface area contributed by atoms with Gasteiger partial charge >= 0.3 is 11.9 Å². The fourth-order valence-corrected chi connectivity index (χ4v) is 5.22. The van der Waals surface area contributed by atoms with E-state index in [1.165, 1.54) is 103 Å². The van der Waals surface area contributed by atoms with Crippen molar-refractivity contribution in [1.29, 1.82) is 0 Å². The zero-order valence-corrected chi connectivity index (χ0v) is 29.6. The minimum atomic E-state index is -0.779. The molecule has 0 spiro atoms. The van der Waals surface area contributed by atoms with E-state index >= 15 is 0 Å². The lowest BCUT2D eigenvalue weighted by Crippen LogP contribution is -2.28. The summed E-state index contributed by atoms with van der Waals surface area (Å²) in [7, 11) is 0. The Kier molecular flexibility index (Phi) is 35.1. The molecule has 0 aromatic rings. The van der Waals surface area contributed by atoms with Crippen LogP contribution in [0.4, 0.5) is 0 Å². The largest absolute Gasteiger partial charge is 0.462 e. The summed E-state index contributed by atoms with van der Waals surface area (Å²) in [6.45, 7) is 4.09. The summed E-state index contributed by atoms with van der Waals surface area (Å²) in [5.41, 5.74) is 0. The van der Waals surface area contributed by atoms with Gasteiger partial charge in [-0.3, -0.25) is 9.59 Å². The first-order chi connectivity index (χ1) is 22.1. The van der Waals surface area contributed by atoms with Crippen LogP contribution in [0.3, 0.4) is 0 Å². The Hall–Kier alpha value is -1.88. The topological polar surface area (TPSA) is 72.8 Å². The van der Waals surface area contributed by atoms with Crippen molar-refractivity contribution in [3.05, 3.63) is 36.5 Å². The van der Waals surface area contributed by atoms with Crippen LogP contribution in [0.1, 0.15) is 187 Å². The maximum Gasteiger partial charge on any atom is 0.306 e. The highest BCUT2D eigenvalue weighted by Gasteiger charge is 2.16. The van der Waals surface area contributed by atoms with Crippen molar-refractivity contribution < 1.29 is 24.2 Å². The van der Waals surface area contributed by atoms with Gasteiger partial charge in [0.1, 0.15) is 6.61 Å². The van der Waals surface area contributed by atoms with Crippen molar-refractivity contribution in [2.45, 2.75) is 193 Å². The number of carbonyl (C=O) groups is 2. The van der Waals surface area contributed by atoms with Crippen LogP contribution in [0.15, 0.2) is 36.5 Å². The van der Waals surface area contributed by atoms with Gasteiger partial charge in [-0.1, -0.05) is 140 Å². The third-order valence-corrected chi connectivity index (χ3v) is 8.16. The van der Waals surface area contributed by atoms with E-state index in [9.17, 15) is 14.7 Å². The van der Waals surface area contributed by atoms with E-state index in [-0.39, 0.29) is 25.2 Å². The molecule has 0 aliphatic heterocycles. The van der Waals surface area contributed by atoms with Crippen LogP contribution in [0, 0.1) is 0 Å². The van der Waals surface area contributed by atoms with Gasteiger partial charge in [-0.2, -0.15) is 0 Å². The van der Waals surface area contributed by atoms with Crippen molar-refractivity contribution in [2.24, 2.45) is 0 Å². The smallest absolute Gasteiger partial charge is 0.306 e. The number of aliphatic hydroxyl groups is 1. The van der Waals surface area contributed by atoms with Gasteiger partial charge in [-0.15, -0.1) is 0 Å². The van der Waals surface area contributed by atoms with Crippen molar-refractivity contribution in [2.75, 3.05) is 13.2 Å². The first-order valence-electron chi connectivity index (χ1n) is 19.0. The molecule has 0 bridgehead atoms. The molecule has 0 saturated carbocycles. The fraction of sp³-hybridized carbons (Fsp3) is 0.800. The summed E-state index contributed by atoms with van der Waals surface area (Å²) in [6, 6.07) is 0. The summed E-state index contributed by atoms with van der Waals surface area (Å²) < 4.78 is 10.6. The van der Waals surface area contributed by atoms with E-state index in [2.05, 4.69) is 50.3 Å². The van der Waals surface area contributed by atoms with Gasteiger partial charge in [0, 0.05) is 12.8 Å². The number of aliphatic hydroxyl groups excluding tert-OH is 1. The quantitative estimate of drug-likeness (QED) is 0.0434. The Balaban J connectivity index is 3.60. The summed E-state index contributed by atoms with van der Waals surface area (Å²) in [5.74, 6) is -0.616. The number of ether oxygens (including phenoxy) is 2. The van der Waals surface area contributed by atoms with Crippen molar-refractivity contribution in [3.63, 3.8) is 0 Å². The molecule has 0 rings (SSSR count). The van der Waals surface area contributed by atoms with Gasteiger partial charge in [0.15, 0.2) is 6.10 Å².